The molecule has 88 valence electrons. The molecule has 0 amide bonds. The smallest absolute Gasteiger partial charge is 0.202 e. The lowest BCUT2D eigenvalue weighted by molar-refractivity contribution is 0.104. The third kappa shape index (κ3) is 2.64. The fraction of sp³-hybridized carbons (Fsp3) is 0.154. The molecular weight excluding hydrogens is 303 g/mol. The van der Waals surface area contributed by atoms with Gasteiger partial charge < -0.3 is 0 Å². The fourth-order valence-electron chi connectivity index (χ4n) is 1.47. The maximum absolute atomic E-state index is 13.1. The van der Waals surface area contributed by atoms with Crippen molar-refractivity contribution in [1.29, 1.82) is 0 Å². The van der Waals surface area contributed by atoms with Gasteiger partial charge in [0.2, 0.25) is 5.78 Å². The average Bonchev–Trinajstić information content (AvgIpc) is 2.80. The van der Waals surface area contributed by atoms with Crippen LogP contribution in [0.1, 0.15) is 27.0 Å². The largest absolute Gasteiger partial charge is 0.288 e. The van der Waals surface area contributed by atoms with Crippen molar-refractivity contribution >= 4 is 33.0 Å². The predicted octanol–water partition coefficient (Wildman–Crippen LogP) is 4.44. The van der Waals surface area contributed by atoms with Gasteiger partial charge in [-0.25, -0.2) is 4.39 Å². The zero-order valence-corrected chi connectivity index (χ0v) is 11.6. The number of benzene rings is 1. The van der Waals surface area contributed by atoms with Crippen LogP contribution in [0, 0.1) is 5.82 Å². The summed E-state index contributed by atoms with van der Waals surface area (Å²) < 4.78 is 13.4. The van der Waals surface area contributed by atoms with Crippen molar-refractivity contribution in [1.82, 2.24) is 0 Å². The Hall–Kier alpha value is -1.00. The van der Waals surface area contributed by atoms with Crippen LogP contribution in [0.2, 0.25) is 0 Å². The van der Waals surface area contributed by atoms with E-state index in [0.29, 0.717) is 14.9 Å². The van der Waals surface area contributed by atoms with Crippen LogP contribution in [0.25, 0.3) is 0 Å². The normalized spacial score (nSPS) is 10.5. The summed E-state index contributed by atoms with van der Waals surface area (Å²) in [5.74, 6) is -0.419. The zero-order chi connectivity index (χ0) is 12.4. The first-order valence-electron chi connectivity index (χ1n) is 5.20. The van der Waals surface area contributed by atoms with Gasteiger partial charge in [0.25, 0.3) is 0 Å². The van der Waals surface area contributed by atoms with Crippen molar-refractivity contribution in [2.24, 2.45) is 0 Å². The topological polar surface area (TPSA) is 17.1 Å². The van der Waals surface area contributed by atoms with E-state index in [9.17, 15) is 9.18 Å². The maximum atomic E-state index is 13.1. The highest BCUT2D eigenvalue weighted by Gasteiger charge is 2.13. The van der Waals surface area contributed by atoms with Gasteiger partial charge in [-0.15, -0.1) is 11.3 Å². The van der Waals surface area contributed by atoms with Gasteiger partial charge in [0.05, 0.1) is 9.35 Å². The number of carbonyl (C=O) groups is 1. The molecule has 0 aliphatic heterocycles. The Morgan fingerprint density at radius 1 is 1.35 bits per heavy atom. The first kappa shape index (κ1) is 12.5. The standard InChI is InChI=1S/C13H10BrFOS/c1-2-9-4-6-12(17-9)13(16)8-3-5-11(15)10(14)7-8/h3-7H,2H2,1H3. The van der Waals surface area contributed by atoms with E-state index in [0.717, 1.165) is 6.42 Å². The van der Waals surface area contributed by atoms with Gasteiger partial charge in [0.1, 0.15) is 5.82 Å². The van der Waals surface area contributed by atoms with Crippen LogP contribution in [0.5, 0.6) is 0 Å². The Balaban J connectivity index is 2.33. The summed E-state index contributed by atoms with van der Waals surface area (Å²) in [7, 11) is 0. The van der Waals surface area contributed by atoms with Crippen molar-refractivity contribution in [2.75, 3.05) is 0 Å². The SMILES string of the molecule is CCc1ccc(C(=O)c2ccc(F)c(Br)c2)s1. The highest BCUT2D eigenvalue weighted by atomic mass is 79.9. The summed E-state index contributed by atoms with van der Waals surface area (Å²) in [5.41, 5.74) is 0.503. The molecule has 1 aromatic carbocycles. The van der Waals surface area contributed by atoms with E-state index in [4.69, 9.17) is 0 Å². The molecule has 0 N–H and O–H groups in total. The summed E-state index contributed by atoms with van der Waals surface area (Å²) in [5, 5.41) is 0. The minimum Gasteiger partial charge on any atom is -0.288 e. The molecular formula is C13H10BrFOS. The minimum absolute atomic E-state index is 0.0598. The molecule has 1 heterocycles. The van der Waals surface area contributed by atoms with E-state index >= 15 is 0 Å². The highest BCUT2D eigenvalue weighted by Crippen LogP contribution is 2.23. The van der Waals surface area contributed by atoms with Crippen LogP contribution in [-0.2, 0) is 6.42 Å². The predicted molar refractivity (Wildman–Crippen MR) is 71.2 cm³/mol. The molecule has 0 saturated carbocycles. The minimum atomic E-state index is -0.359. The van der Waals surface area contributed by atoms with E-state index < -0.39 is 0 Å². The highest BCUT2D eigenvalue weighted by molar-refractivity contribution is 9.10. The molecule has 0 saturated heterocycles. The molecule has 0 unspecified atom stereocenters. The Bertz CT molecular complexity index is 562. The summed E-state index contributed by atoms with van der Waals surface area (Å²) in [6.45, 7) is 2.05. The molecule has 0 atom stereocenters. The van der Waals surface area contributed by atoms with Crippen LogP contribution in [0.4, 0.5) is 4.39 Å². The number of carbonyl (C=O) groups excluding carboxylic acids is 1. The van der Waals surface area contributed by atoms with Crippen molar-refractivity contribution in [2.45, 2.75) is 13.3 Å². The molecule has 0 bridgehead atoms. The van der Waals surface area contributed by atoms with Gasteiger partial charge in [-0.2, -0.15) is 0 Å². The van der Waals surface area contributed by atoms with Crippen LogP contribution in [0.3, 0.4) is 0 Å². The van der Waals surface area contributed by atoms with E-state index in [2.05, 4.69) is 22.9 Å². The number of rotatable bonds is 3. The van der Waals surface area contributed by atoms with Gasteiger partial charge in [0.15, 0.2) is 0 Å². The van der Waals surface area contributed by atoms with Crippen LogP contribution in [-0.4, -0.2) is 5.78 Å². The Kier molecular flexibility index (Phi) is 3.74. The van der Waals surface area contributed by atoms with Crippen molar-refractivity contribution in [3.63, 3.8) is 0 Å². The summed E-state index contributed by atoms with van der Waals surface area (Å²) in [6, 6.07) is 8.10. The quantitative estimate of drug-likeness (QED) is 0.766. The number of thiophene rings is 1. The number of halogens is 2. The average molecular weight is 313 g/mol. The van der Waals surface area contributed by atoms with Crippen LogP contribution >= 0.6 is 27.3 Å². The molecule has 2 aromatic rings. The number of ketones is 1. The zero-order valence-electron chi connectivity index (χ0n) is 9.17. The van der Waals surface area contributed by atoms with Crippen molar-refractivity contribution < 1.29 is 9.18 Å². The van der Waals surface area contributed by atoms with E-state index in [1.165, 1.54) is 34.4 Å². The molecule has 1 aromatic heterocycles. The van der Waals surface area contributed by atoms with Gasteiger partial charge in [-0.1, -0.05) is 6.92 Å². The van der Waals surface area contributed by atoms with Gasteiger partial charge in [0, 0.05) is 10.4 Å². The van der Waals surface area contributed by atoms with Gasteiger partial charge in [-0.3, -0.25) is 4.79 Å². The lowest BCUT2D eigenvalue weighted by atomic mass is 10.1. The van der Waals surface area contributed by atoms with Crippen LogP contribution < -0.4 is 0 Å². The third-order valence-corrected chi connectivity index (χ3v) is 4.25. The Labute approximate surface area is 111 Å². The maximum Gasteiger partial charge on any atom is 0.202 e. The van der Waals surface area contributed by atoms with E-state index in [1.54, 1.807) is 0 Å². The molecule has 0 aliphatic carbocycles. The number of hydrogen-bond donors (Lipinski definition) is 0. The monoisotopic (exact) mass is 312 g/mol. The third-order valence-electron chi connectivity index (χ3n) is 2.42. The van der Waals surface area contributed by atoms with Gasteiger partial charge >= 0.3 is 0 Å². The van der Waals surface area contributed by atoms with Crippen molar-refractivity contribution in [3.05, 3.63) is 55.9 Å². The van der Waals surface area contributed by atoms with E-state index in [-0.39, 0.29) is 11.6 Å². The van der Waals surface area contributed by atoms with Gasteiger partial charge in [-0.05, 0) is 52.7 Å². The molecule has 17 heavy (non-hydrogen) atoms. The van der Waals surface area contributed by atoms with Crippen LogP contribution in [0.15, 0.2) is 34.8 Å². The van der Waals surface area contributed by atoms with E-state index in [1.807, 2.05) is 12.1 Å². The number of hydrogen-bond acceptors (Lipinski definition) is 2. The van der Waals surface area contributed by atoms with Crippen molar-refractivity contribution in [3.8, 4) is 0 Å². The second-order valence-electron chi connectivity index (χ2n) is 3.58. The first-order chi connectivity index (χ1) is 8.11. The fourth-order valence-corrected chi connectivity index (χ4v) is 2.76. The molecule has 0 radical (unpaired) electrons. The molecule has 0 aliphatic rings. The second kappa shape index (κ2) is 5.10. The Morgan fingerprint density at radius 2 is 2.12 bits per heavy atom. The summed E-state index contributed by atoms with van der Waals surface area (Å²) in [4.78, 5) is 14.0. The molecule has 0 fully saturated rings. The second-order valence-corrected chi connectivity index (χ2v) is 5.60. The lowest BCUT2D eigenvalue weighted by Crippen LogP contribution is -1.98. The molecule has 4 heteroatoms. The first-order valence-corrected chi connectivity index (χ1v) is 6.81. The molecule has 2 rings (SSSR count). The molecule has 0 spiro atoms. The summed E-state index contributed by atoms with van der Waals surface area (Å²) in [6.07, 6.45) is 0.922. The lowest BCUT2D eigenvalue weighted by Gasteiger charge is -2.00. The number of aryl methyl sites for hydroxylation is 1. The Morgan fingerprint density at radius 3 is 2.71 bits per heavy atom. The molecule has 1 nitrogen and oxygen atoms in total. The summed E-state index contributed by atoms with van der Waals surface area (Å²) >= 11 is 4.57.